The van der Waals surface area contributed by atoms with Gasteiger partial charge in [-0.05, 0) is 46.1 Å². The standard InChI is InChI=1S/C17H24ClNO3/c1-16(2,3)22-15(21)19-17(11-7-6-10-14(17)20)12-8-4-5-9-13(12)18/h4-5,9,12H,6-8,10-11H2,1-3H3,(H,19,21)/t12?,17-/m1/s1. The highest BCUT2D eigenvalue weighted by atomic mass is 35.5. The van der Waals surface area contributed by atoms with Crippen molar-refractivity contribution in [1.29, 1.82) is 0 Å². The number of carbonyl (C=O) groups is 2. The number of rotatable bonds is 2. The SMILES string of the molecule is CC(C)(C)OC(=O)N[C@@]1(C2CC=CC=C2Cl)CCCCC1=O. The van der Waals surface area contributed by atoms with E-state index in [1.807, 2.05) is 12.2 Å². The van der Waals surface area contributed by atoms with E-state index in [2.05, 4.69) is 5.32 Å². The second-order valence-electron chi connectivity index (χ2n) is 7.00. The Hall–Kier alpha value is -1.29. The minimum absolute atomic E-state index is 0.0523. The van der Waals surface area contributed by atoms with Crippen molar-refractivity contribution in [3.63, 3.8) is 0 Å². The van der Waals surface area contributed by atoms with Crippen LogP contribution in [0.4, 0.5) is 4.79 Å². The Morgan fingerprint density at radius 1 is 1.41 bits per heavy atom. The molecule has 0 radical (unpaired) electrons. The Morgan fingerprint density at radius 2 is 2.14 bits per heavy atom. The number of Topliss-reactive ketones (excluding diaryl/α,β-unsaturated/α-hetero) is 1. The van der Waals surface area contributed by atoms with E-state index in [9.17, 15) is 9.59 Å². The Kier molecular flexibility index (Phi) is 5.00. The van der Waals surface area contributed by atoms with Crippen LogP contribution in [0.15, 0.2) is 23.3 Å². The maximum absolute atomic E-state index is 12.7. The lowest BCUT2D eigenvalue weighted by Crippen LogP contribution is -2.61. The van der Waals surface area contributed by atoms with Crippen molar-refractivity contribution >= 4 is 23.5 Å². The molecule has 5 heteroatoms. The van der Waals surface area contributed by atoms with Crippen molar-refractivity contribution < 1.29 is 14.3 Å². The summed E-state index contributed by atoms with van der Waals surface area (Å²) < 4.78 is 5.36. The summed E-state index contributed by atoms with van der Waals surface area (Å²) in [4.78, 5) is 24.9. The monoisotopic (exact) mass is 325 g/mol. The molecule has 0 aromatic carbocycles. The molecule has 1 saturated carbocycles. The number of ketones is 1. The van der Waals surface area contributed by atoms with Gasteiger partial charge in [-0.15, -0.1) is 0 Å². The van der Waals surface area contributed by atoms with Crippen molar-refractivity contribution in [2.45, 2.75) is 64.0 Å². The number of hydrogen-bond donors (Lipinski definition) is 1. The molecule has 0 saturated heterocycles. The molecule has 1 fully saturated rings. The van der Waals surface area contributed by atoms with Gasteiger partial charge in [0, 0.05) is 17.4 Å². The van der Waals surface area contributed by atoms with Crippen LogP contribution in [0.25, 0.3) is 0 Å². The Morgan fingerprint density at radius 3 is 2.73 bits per heavy atom. The first-order valence-electron chi connectivity index (χ1n) is 7.81. The van der Waals surface area contributed by atoms with Gasteiger partial charge in [-0.3, -0.25) is 4.79 Å². The molecular formula is C17H24ClNO3. The van der Waals surface area contributed by atoms with Gasteiger partial charge in [0.2, 0.25) is 0 Å². The predicted molar refractivity (Wildman–Crippen MR) is 86.8 cm³/mol. The average Bonchev–Trinajstić information content (AvgIpc) is 2.40. The van der Waals surface area contributed by atoms with Crippen molar-refractivity contribution in [2.24, 2.45) is 5.92 Å². The second-order valence-corrected chi connectivity index (χ2v) is 7.43. The maximum Gasteiger partial charge on any atom is 0.408 e. The normalized spacial score (nSPS) is 29.0. The third-order valence-electron chi connectivity index (χ3n) is 4.14. The quantitative estimate of drug-likeness (QED) is 0.831. The molecule has 4 nitrogen and oxygen atoms in total. The number of hydrogen-bond acceptors (Lipinski definition) is 3. The molecule has 0 aromatic heterocycles. The van der Waals surface area contributed by atoms with Gasteiger partial charge in [0.15, 0.2) is 5.78 Å². The number of ether oxygens (including phenoxy) is 1. The summed E-state index contributed by atoms with van der Waals surface area (Å²) in [5.41, 5.74) is -1.55. The average molecular weight is 326 g/mol. The molecule has 0 spiro atoms. The van der Waals surface area contributed by atoms with Crippen LogP contribution in [0, 0.1) is 5.92 Å². The zero-order valence-corrected chi connectivity index (χ0v) is 14.2. The van der Waals surface area contributed by atoms with E-state index in [-0.39, 0.29) is 11.7 Å². The first-order valence-corrected chi connectivity index (χ1v) is 8.19. The number of amides is 1. The Labute approximate surface area is 136 Å². The van der Waals surface area contributed by atoms with Gasteiger partial charge in [0.1, 0.15) is 11.1 Å². The molecular weight excluding hydrogens is 302 g/mol. The molecule has 0 bridgehead atoms. The first kappa shape index (κ1) is 17.1. The number of alkyl carbamates (subject to hydrolysis) is 1. The van der Waals surface area contributed by atoms with E-state index in [1.165, 1.54) is 0 Å². The summed E-state index contributed by atoms with van der Waals surface area (Å²) in [6.07, 6.45) is 8.60. The first-order chi connectivity index (χ1) is 10.2. The molecule has 2 atom stereocenters. The lowest BCUT2D eigenvalue weighted by Gasteiger charge is -2.43. The van der Waals surface area contributed by atoms with Crippen molar-refractivity contribution in [3.8, 4) is 0 Å². The molecule has 2 rings (SSSR count). The lowest BCUT2D eigenvalue weighted by atomic mass is 9.69. The maximum atomic E-state index is 12.7. The fourth-order valence-electron chi connectivity index (χ4n) is 3.17. The summed E-state index contributed by atoms with van der Waals surface area (Å²) in [7, 11) is 0. The molecule has 0 aromatic rings. The van der Waals surface area contributed by atoms with E-state index in [1.54, 1.807) is 26.8 Å². The molecule has 1 amide bonds. The van der Waals surface area contributed by atoms with Crippen LogP contribution in [0.5, 0.6) is 0 Å². The van der Waals surface area contributed by atoms with Gasteiger partial charge in [-0.25, -0.2) is 4.79 Å². The fourth-order valence-corrected chi connectivity index (χ4v) is 3.51. The molecule has 0 aliphatic heterocycles. The van der Waals surface area contributed by atoms with Gasteiger partial charge < -0.3 is 10.1 Å². The van der Waals surface area contributed by atoms with Gasteiger partial charge in [-0.2, -0.15) is 0 Å². The van der Waals surface area contributed by atoms with Gasteiger partial charge in [0.25, 0.3) is 0 Å². The lowest BCUT2D eigenvalue weighted by molar-refractivity contribution is -0.129. The van der Waals surface area contributed by atoms with E-state index in [0.29, 0.717) is 24.3 Å². The summed E-state index contributed by atoms with van der Waals surface area (Å²) >= 11 is 6.35. The zero-order valence-electron chi connectivity index (χ0n) is 13.4. The minimum atomic E-state index is -0.946. The summed E-state index contributed by atoms with van der Waals surface area (Å²) in [5.74, 6) is -0.157. The van der Waals surface area contributed by atoms with Crippen LogP contribution >= 0.6 is 11.6 Å². The van der Waals surface area contributed by atoms with Crippen LogP contribution in [0.2, 0.25) is 0 Å². The highest BCUT2D eigenvalue weighted by Crippen LogP contribution is 2.40. The molecule has 0 heterocycles. The van der Waals surface area contributed by atoms with Crippen LogP contribution in [0.1, 0.15) is 52.9 Å². The Balaban J connectivity index is 2.27. The number of carbonyl (C=O) groups excluding carboxylic acids is 2. The third kappa shape index (κ3) is 3.72. The van der Waals surface area contributed by atoms with Gasteiger partial charge >= 0.3 is 6.09 Å². The molecule has 1 N–H and O–H groups in total. The highest BCUT2D eigenvalue weighted by molar-refractivity contribution is 6.30. The van der Waals surface area contributed by atoms with E-state index < -0.39 is 17.2 Å². The Bertz CT molecular complexity index is 518. The minimum Gasteiger partial charge on any atom is -0.444 e. The van der Waals surface area contributed by atoms with Crippen LogP contribution in [-0.4, -0.2) is 23.0 Å². The molecule has 22 heavy (non-hydrogen) atoms. The van der Waals surface area contributed by atoms with Crippen molar-refractivity contribution in [2.75, 3.05) is 0 Å². The molecule has 1 unspecified atom stereocenters. The second kappa shape index (κ2) is 6.45. The van der Waals surface area contributed by atoms with Gasteiger partial charge in [0.05, 0.1) is 0 Å². The number of halogens is 1. The fraction of sp³-hybridized carbons (Fsp3) is 0.647. The van der Waals surface area contributed by atoms with E-state index in [0.717, 1.165) is 12.8 Å². The van der Waals surface area contributed by atoms with Crippen molar-refractivity contribution in [1.82, 2.24) is 5.32 Å². The van der Waals surface area contributed by atoms with Crippen molar-refractivity contribution in [3.05, 3.63) is 23.3 Å². The smallest absolute Gasteiger partial charge is 0.408 e. The van der Waals surface area contributed by atoms with Crippen LogP contribution < -0.4 is 5.32 Å². The van der Waals surface area contributed by atoms with Gasteiger partial charge in [-0.1, -0.05) is 30.2 Å². The van der Waals surface area contributed by atoms with Crippen LogP contribution in [0.3, 0.4) is 0 Å². The van der Waals surface area contributed by atoms with E-state index >= 15 is 0 Å². The molecule has 2 aliphatic carbocycles. The zero-order chi connectivity index (χ0) is 16.4. The summed E-state index contributed by atoms with van der Waals surface area (Å²) in [5, 5.41) is 3.49. The highest BCUT2D eigenvalue weighted by Gasteiger charge is 2.49. The summed E-state index contributed by atoms with van der Waals surface area (Å²) in [6, 6.07) is 0. The largest absolute Gasteiger partial charge is 0.444 e. The molecule has 2 aliphatic rings. The van der Waals surface area contributed by atoms with E-state index in [4.69, 9.17) is 16.3 Å². The topological polar surface area (TPSA) is 55.4 Å². The number of allylic oxidation sites excluding steroid dienone is 3. The predicted octanol–water partition coefficient (Wildman–Crippen LogP) is 4.09. The summed E-state index contributed by atoms with van der Waals surface area (Å²) in [6.45, 7) is 5.41. The number of nitrogens with one attached hydrogen (secondary N) is 1. The molecule has 122 valence electrons. The third-order valence-corrected chi connectivity index (χ3v) is 4.53. The van der Waals surface area contributed by atoms with Crippen LogP contribution in [-0.2, 0) is 9.53 Å².